The first-order chi connectivity index (χ1) is 14.2. The van der Waals surface area contributed by atoms with Gasteiger partial charge in [0.2, 0.25) is 5.91 Å². The van der Waals surface area contributed by atoms with Gasteiger partial charge in [-0.15, -0.1) is 0 Å². The monoisotopic (exact) mass is 412 g/mol. The van der Waals surface area contributed by atoms with Gasteiger partial charge in [-0.05, 0) is 30.3 Å². The zero-order valence-electron chi connectivity index (χ0n) is 16.5. The van der Waals surface area contributed by atoms with Crippen LogP contribution in [0.25, 0.3) is 27.4 Å². The summed E-state index contributed by atoms with van der Waals surface area (Å²) in [6.07, 6.45) is -2.85. The molecule has 0 fully saturated rings. The number of nitrogens with zero attached hydrogens (tertiary/aromatic N) is 2. The number of benzene rings is 2. The Balaban J connectivity index is 1.97. The number of rotatable bonds is 4. The molecule has 0 unspecified atom stereocenters. The van der Waals surface area contributed by atoms with Gasteiger partial charge in [0.15, 0.2) is 0 Å². The Labute approximate surface area is 170 Å². The summed E-state index contributed by atoms with van der Waals surface area (Å²) in [7, 11) is 1.57. The quantitative estimate of drug-likeness (QED) is 0.419. The number of methoxy groups -OCH3 is 1. The smallest absolute Gasteiger partial charge is 0.417 e. The maximum atomic E-state index is 13.7. The fraction of sp³-hybridized carbons (Fsp3) is 0.174. The van der Waals surface area contributed by atoms with E-state index in [1.54, 1.807) is 37.4 Å². The summed E-state index contributed by atoms with van der Waals surface area (Å²) in [5, 5.41) is 1.49. The van der Waals surface area contributed by atoms with Gasteiger partial charge in [-0.2, -0.15) is 13.2 Å². The molecule has 30 heavy (non-hydrogen) atoms. The number of fused-ring (bicyclic) bond motifs is 2. The van der Waals surface area contributed by atoms with Gasteiger partial charge in [-0.1, -0.05) is 24.8 Å². The third-order valence-corrected chi connectivity index (χ3v) is 5.23. The summed E-state index contributed by atoms with van der Waals surface area (Å²) in [4.78, 5) is 12.3. The lowest BCUT2D eigenvalue weighted by molar-refractivity contribution is -0.0690. The number of halogens is 3. The van der Waals surface area contributed by atoms with E-state index in [1.165, 1.54) is 6.92 Å². The molecule has 4 rings (SSSR count). The molecule has 0 atom stereocenters. The molecule has 7 heteroatoms. The molecule has 2 heterocycles. The van der Waals surface area contributed by atoms with Crippen LogP contribution in [0.1, 0.15) is 23.0 Å². The van der Waals surface area contributed by atoms with Gasteiger partial charge >= 0.3 is 6.18 Å². The second-order valence-corrected chi connectivity index (χ2v) is 7.04. The molecule has 0 saturated heterocycles. The van der Waals surface area contributed by atoms with Crippen molar-refractivity contribution in [2.24, 2.45) is 0 Å². The average Bonchev–Trinajstić information content (AvgIpc) is 3.25. The summed E-state index contributed by atoms with van der Waals surface area (Å²) in [6, 6.07) is 14.2. The number of carbonyl (C=O) groups excluding carboxylic acids is 1. The molecule has 0 aliphatic carbocycles. The van der Waals surface area contributed by atoms with Crippen molar-refractivity contribution < 1.29 is 22.7 Å². The van der Waals surface area contributed by atoms with Crippen molar-refractivity contribution in [2.45, 2.75) is 19.6 Å². The predicted molar refractivity (Wildman–Crippen MR) is 111 cm³/mol. The zero-order chi connectivity index (χ0) is 21.6. The summed E-state index contributed by atoms with van der Waals surface area (Å²) in [5.41, 5.74) is 0.433. The minimum absolute atomic E-state index is 0.154. The number of para-hydroxylation sites is 1. The van der Waals surface area contributed by atoms with Crippen molar-refractivity contribution >= 4 is 33.3 Å². The van der Waals surface area contributed by atoms with Crippen molar-refractivity contribution in [3.05, 3.63) is 72.6 Å². The second kappa shape index (κ2) is 7.09. The first kappa shape index (κ1) is 19.8. The number of hydrogen-bond donors (Lipinski definition) is 0. The maximum absolute atomic E-state index is 13.7. The fourth-order valence-electron chi connectivity index (χ4n) is 3.86. The number of alkyl halides is 3. The lowest BCUT2D eigenvalue weighted by Crippen LogP contribution is -2.18. The molecule has 2 aromatic heterocycles. The van der Waals surface area contributed by atoms with Crippen molar-refractivity contribution in [2.75, 3.05) is 7.11 Å². The molecule has 0 amide bonds. The highest BCUT2D eigenvalue weighted by atomic mass is 19.4. The summed E-state index contributed by atoms with van der Waals surface area (Å²) < 4.78 is 49.2. The van der Waals surface area contributed by atoms with E-state index in [4.69, 9.17) is 4.74 Å². The Morgan fingerprint density at radius 1 is 1.10 bits per heavy atom. The van der Waals surface area contributed by atoms with Crippen molar-refractivity contribution in [3.8, 4) is 5.75 Å². The van der Waals surface area contributed by atoms with Gasteiger partial charge in [-0.3, -0.25) is 9.36 Å². The lowest BCUT2D eigenvalue weighted by Gasteiger charge is -2.15. The molecule has 4 nitrogen and oxygen atoms in total. The van der Waals surface area contributed by atoms with Crippen LogP contribution in [0.2, 0.25) is 0 Å². The van der Waals surface area contributed by atoms with Gasteiger partial charge in [0, 0.05) is 35.0 Å². The number of aromatic nitrogens is 2. The Kier molecular flexibility index (Phi) is 4.68. The van der Waals surface area contributed by atoms with Gasteiger partial charge in [0.05, 0.1) is 30.4 Å². The van der Waals surface area contributed by atoms with E-state index in [1.807, 2.05) is 29.0 Å². The van der Waals surface area contributed by atoms with Crippen LogP contribution in [-0.2, 0) is 6.54 Å². The van der Waals surface area contributed by atoms with Crippen molar-refractivity contribution in [1.29, 1.82) is 0 Å². The van der Waals surface area contributed by atoms with Crippen LogP contribution >= 0.6 is 0 Å². The van der Waals surface area contributed by atoms with Gasteiger partial charge < -0.3 is 9.30 Å². The SMILES string of the molecule is C=C(c1c(Cn2ccc3cc(OC)ccc32)c2ccccc2n1C(C)=O)C(F)(F)F. The molecular weight excluding hydrogens is 393 g/mol. The number of carbonyl (C=O) groups is 1. The third kappa shape index (κ3) is 3.16. The molecule has 0 aliphatic heterocycles. The molecule has 154 valence electrons. The van der Waals surface area contributed by atoms with E-state index in [-0.39, 0.29) is 12.2 Å². The fourth-order valence-corrected chi connectivity index (χ4v) is 3.86. The maximum Gasteiger partial charge on any atom is 0.417 e. The van der Waals surface area contributed by atoms with E-state index >= 15 is 0 Å². The number of hydrogen-bond acceptors (Lipinski definition) is 2. The molecule has 0 bridgehead atoms. The van der Waals surface area contributed by atoms with E-state index in [0.29, 0.717) is 22.2 Å². The van der Waals surface area contributed by atoms with Gasteiger partial charge in [-0.25, -0.2) is 0 Å². The molecule has 0 spiro atoms. The first-order valence-electron chi connectivity index (χ1n) is 9.25. The number of ether oxygens (including phenoxy) is 1. The molecular formula is C23H19F3N2O2. The molecule has 0 saturated carbocycles. The molecule has 0 N–H and O–H groups in total. The largest absolute Gasteiger partial charge is 0.497 e. The predicted octanol–water partition coefficient (Wildman–Crippen LogP) is 5.89. The Morgan fingerprint density at radius 2 is 1.83 bits per heavy atom. The van der Waals surface area contributed by atoms with Crippen molar-refractivity contribution in [1.82, 2.24) is 9.13 Å². The van der Waals surface area contributed by atoms with Crippen LogP contribution in [0, 0.1) is 0 Å². The van der Waals surface area contributed by atoms with E-state index < -0.39 is 17.7 Å². The highest BCUT2D eigenvalue weighted by molar-refractivity contribution is 5.99. The summed E-state index contributed by atoms with van der Waals surface area (Å²) >= 11 is 0. The Hall–Kier alpha value is -3.48. The summed E-state index contributed by atoms with van der Waals surface area (Å²) in [6.45, 7) is 4.69. The average molecular weight is 412 g/mol. The van der Waals surface area contributed by atoms with Crippen molar-refractivity contribution in [3.63, 3.8) is 0 Å². The molecule has 4 aromatic rings. The van der Waals surface area contributed by atoms with Gasteiger partial charge in [0.1, 0.15) is 5.75 Å². The minimum atomic E-state index is -4.66. The molecule has 0 aliphatic rings. The van der Waals surface area contributed by atoms with Crippen LogP contribution in [0.5, 0.6) is 5.75 Å². The van der Waals surface area contributed by atoms with Crippen LogP contribution < -0.4 is 4.74 Å². The second-order valence-electron chi connectivity index (χ2n) is 7.04. The first-order valence-corrected chi connectivity index (χ1v) is 9.25. The normalized spacial score (nSPS) is 11.9. The third-order valence-electron chi connectivity index (χ3n) is 5.23. The standard InChI is InChI=1S/C23H19F3N2O2/c1-14(23(24,25)26)22-19(18-6-4-5-7-21(18)28(22)15(2)29)13-27-11-10-16-12-17(30-3)8-9-20(16)27/h4-12H,1,13H2,2-3H3. The highest BCUT2D eigenvalue weighted by Gasteiger charge is 2.37. The summed E-state index contributed by atoms with van der Waals surface area (Å²) in [5.74, 6) is 0.194. The Bertz CT molecular complexity index is 1300. The zero-order valence-corrected chi connectivity index (χ0v) is 16.5. The van der Waals surface area contributed by atoms with E-state index in [9.17, 15) is 18.0 Å². The topological polar surface area (TPSA) is 36.2 Å². The van der Waals surface area contributed by atoms with E-state index in [0.717, 1.165) is 15.5 Å². The Morgan fingerprint density at radius 3 is 2.50 bits per heavy atom. The molecule has 2 aromatic carbocycles. The molecule has 0 radical (unpaired) electrons. The van der Waals surface area contributed by atoms with E-state index in [2.05, 4.69) is 6.58 Å². The minimum Gasteiger partial charge on any atom is -0.497 e. The highest BCUT2D eigenvalue weighted by Crippen LogP contribution is 2.39. The lowest BCUT2D eigenvalue weighted by atomic mass is 10.1. The van der Waals surface area contributed by atoms with Crippen LogP contribution in [0.4, 0.5) is 13.2 Å². The van der Waals surface area contributed by atoms with Crippen LogP contribution in [-0.4, -0.2) is 28.3 Å². The van der Waals surface area contributed by atoms with Crippen LogP contribution in [0.3, 0.4) is 0 Å². The van der Waals surface area contributed by atoms with Gasteiger partial charge in [0.25, 0.3) is 0 Å². The van der Waals surface area contributed by atoms with Crippen LogP contribution in [0.15, 0.2) is 61.3 Å². The number of allylic oxidation sites excluding steroid dienone is 1.